The lowest BCUT2D eigenvalue weighted by Gasteiger charge is -2.45. The van der Waals surface area contributed by atoms with Crippen LogP contribution < -0.4 is 4.74 Å². The highest BCUT2D eigenvalue weighted by Crippen LogP contribution is 2.31. The van der Waals surface area contributed by atoms with Gasteiger partial charge in [0.05, 0.1) is 0 Å². The fourth-order valence-corrected chi connectivity index (χ4v) is 17.1. The van der Waals surface area contributed by atoms with E-state index in [4.69, 9.17) is 21.8 Å². The summed E-state index contributed by atoms with van der Waals surface area (Å²) in [5, 5.41) is 0. The van der Waals surface area contributed by atoms with Gasteiger partial charge in [-0.1, -0.05) is 25.1 Å². The van der Waals surface area contributed by atoms with Crippen LogP contribution in [0.15, 0.2) is 42.5 Å². The number of para-hydroxylation sites is 1. The monoisotopic (exact) mass is 528 g/mol. The lowest BCUT2D eigenvalue weighted by Crippen LogP contribution is -2.67. The zero-order valence-corrected chi connectivity index (χ0v) is 25.7. The van der Waals surface area contributed by atoms with Crippen LogP contribution in [0, 0.1) is 0 Å². The van der Waals surface area contributed by atoms with Gasteiger partial charge in [-0.05, 0) is 77.5 Å². The quantitative estimate of drug-likeness (QED) is 0.153. The molecule has 0 aromatic heterocycles. The van der Waals surface area contributed by atoms with Crippen molar-refractivity contribution in [2.45, 2.75) is 78.0 Å². The van der Waals surface area contributed by atoms with Gasteiger partial charge in [0, 0.05) is 12.2 Å². The van der Waals surface area contributed by atoms with Crippen LogP contribution in [-0.2, 0) is 26.7 Å². The minimum absolute atomic E-state index is 0.397. The van der Waals surface area contributed by atoms with Gasteiger partial charge < -0.3 is 21.8 Å². The van der Waals surface area contributed by atoms with Gasteiger partial charge in [-0.25, -0.2) is 9.59 Å². The third kappa shape index (κ3) is 12.1. The highest BCUT2D eigenvalue weighted by Gasteiger charge is 2.57. The van der Waals surface area contributed by atoms with Gasteiger partial charge in [0.25, 0.3) is 0 Å². The molecule has 0 fully saturated rings. The van der Waals surface area contributed by atoms with Crippen molar-refractivity contribution in [2.24, 2.45) is 0 Å². The number of rotatable bonds is 12. The maximum atomic E-state index is 12.7. The molecule has 7 nitrogen and oxygen atoms in total. The first-order chi connectivity index (χ1) is 14.9. The van der Waals surface area contributed by atoms with Gasteiger partial charge in [-0.3, -0.25) is 0 Å². The van der Waals surface area contributed by atoms with Crippen molar-refractivity contribution in [1.29, 1.82) is 0 Å². The summed E-state index contributed by atoms with van der Waals surface area (Å²) in [5.41, 5.74) is -0.676. The van der Waals surface area contributed by atoms with E-state index in [-0.39, 0.29) is 0 Å². The molecular formula is C22H40O7Si4. The summed E-state index contributed by atoms with van der Waals surface area (Å²) in [5.74, 6) is -0.931. The van der Waals surface area contributed by atoms with E-state index < -0.39 is 51.4 Å². The first-order valence-corrected chi connectivity index (χ1v) is 23.2. The molecular weight excluding hydrogens is 489 g/mol. The summed E-state index contributed by atoms with van der Waals surface area (Å²) in [7, 11) is -9.81. The zero-order valence-electron chi connectivity index (χ0n) is 21.7. The summed E-state index contributed by atoms with van der Waals surface area (Å²) < 4.78 is 30.9. The average molecular weight is 529 g/mol. The Kier molecular flexibility index (Phi) is 10.7. The molecule has 0 radical (unpaired) electrons. The van der Waals surface area contributed by atoms with Crippen LogP contribution in [-0.4, -0.2) is 51.4 Å². The summed E-state index contributed by atoms with van der Waals surface area (Å²) in [6.45, 7) is 20.6. The fourth-order valence-electron chi connectivity index (χ4n) is 2.90. The van der Waals surface area contributed by atoms with E-state index in [1.807, 2.05) is 13.0 Å². The van der Waals surface area contributed by atoms with E-state index in [2.05, 4.69) is 58.9 Å². The number of carbonyl (C=O) groups excluding carboxylic acids is 2. The summed E-state index contributed by atoms with van der Waals surface area (Å²) in [6.07, 6.45) is 2.60. The SMILES string of the molecule is CCC(OC(=O)C=CC(=O)Oc1ccccc1)[Si](O[Si](C)(C)C)(O[Si](C)(C)C)O[Si](C)(C)C. The van der Waals surface area contributed by atoms with Crippen LogP contribution in [0.5, 0.6) is 5.75 Å². The maximum Gasteiger partial charge on any atom is 0.512 e. The molecule has 0 aliphatic carbocycles. The number of benzene rings is 1. The van der Waals surface area contributed by atoms with Crippen molar-refractivity contribution in [2.75, 3.05) is 0 Å². The molecule has 1 aromatic rings. The topological polar surface area (TPSA) is 80.3 Å². The largest absolute Gasteiger partial charge is 0.512 e. The maximum absolute atomic E-state index is 12.7. The zero-order chi connectivity index (χ0) is 25.5. The van der Waals surface area contributed by atoms with Crippen molar-refractivity contribution < 1.29 is 31.4 Å². The second kappa shape index (κ2) is 11.9. The lowest BCUT2D eigenvalue weighted by atomic mass is 10.3. The van der Waals surface area contributed by atoms with E-state index >= 15 is 0 Å². The van der Waals surface area contributed by atoms with E-state index in [9.17, 15) is 9.59 Å². The molecule has 0 saturated heterocycles. The molecule has 0 N–H and O–H groups in total. The fraction of sp³-hybridized carbons (Fsp3) is 0.545. The summed E-state index contributed by atoms with van der Waals surface area (Å²) in [6, 6.07) is 8.65. The second-order valence-corrected chi connectivity index (χ2v) is 27.6. The number of hydrogen-bond acceptors (Lipinski definition) is 7. The Morgan fingerprint density at radius 1 is 0.758 bits per heavy atom. The van der Waals surface area contributed by atoms with E-state index in [1.54, 1.807) is 24.3 Å². The van der Waals surface area contributed by atoms with Crippen LogP contribution in [0.25, 0.3) is 0 Å². The van der Waals surface area contributed by atoms with Crippen molar-refractivity contribution in [3.8, 4) is 5.75 Å². The Bertz CT molecular complexity index is 768. The molecule has 11 heteroatoms. The van der Waals surface area contributed by atoms with E-state index in [0.29, 0.717) is 12.2 Å². The molecule has 0 spiro atoms. The van der Waals surface area contributed by atoms with Crippen LogP contribution in [0.1, 0.15) is 13.3 Å². The van der Waals surface area contributed by atoms with Gasteiger partial charge in [0.15, 0.2) is 30.7 Å². The Morgan fingerprint density at radius 3 is 1.58 bits per heavy atom. The molecule has 0 heterocycles. The average Bonchev–Trinajstić information content (AvgIpc) is 2.60. The molecule has 1 unspecified atom stereocenters. The molecule has 1 rings (SSSR count). The summed E-state index contributed by atoms with van der Waals surface area (Å²) >= 11 is 0. The molecule has 0 amide bonds. The number of ether oxygens (including phenoxy) is 2. The molecule has 33 heavy (non-hydrogen) atoms. The van der Waals surface area contributed by atoms with Gasteiger partial charge >= 0.3 is 20.7 Å². The van der Waals surface area contributed by atoms with Crippen molar-refractivity contribution in [1.82, 2.24) is 0 Å². The Balaban J connectivity index is 3.15. The van der Waals surface area contributed by atoms with Crippen LogP contribution >= 0.6 is 0 Å². The van der Waals surface area contributed by atoms with Crippen molar-refractivity contribution in [3.05, 3.63) is 42.5 Å². The number of esters is 2. The second-order valence-electron chi connectivity index (χ2n) is 10.6. The molecule has 1 atom stereocenters. The Hall–Kier alpha value is -1.35. The molecule has 186 valence electrons. The number of carbonyl (C=O) groups is 2. The van der Waals surface area contributed by atoms with Gasteiger partial charge in [0.2, 0.25) is 0 Å². The van der Waals surface area contributed by atoms with Crippen LogP contribution in [0.3, 0.4) is 0 Å². The van der Waals surface area contributed by atoms with Crippen molar-refractivity contribution in [3.63, 3.8) is 0 Å². The highest BCUT2D eigenvalue weighted by atomic mass is 28.5. The van der Waals surface area contributed by atoms with Gasteiger partial charge in [-0.2, -0.15) is 0 Å². The predicted octanol–water partition coefficient (Wildman–Crippen LogP) is 5.50. The summed E-state index contributed by atoms with van der Waals surface area (Å²) in [4.78, 5) is 24.8. The highest BCUT2D eigenvalue weighted by molar-refractivity contribution is 6.90. The normalized spacial score (nSPS) is 14.2. The van der Waals surface area contributed by atoms with E-state index in [1.165, 1.54) is 0 Å². The smallest absolute Gasteiger partial charge is 0.455 e. The molecule has 0 aliphatic heterocycles. The minimum Gasteiger partial charge on any atom is -0.455 e. The minimum atomic E-state index is -3.42. The Labute approximate surface area is 203 Å². The lowest BCUT2D eigenvalue weighted by molar-refractivity contribution is -0.142. The van der Waals surface area contributed by atoms with Gasteiger partial charge in [0.1, 0.15) is 5.75 Å². The van der Waals surface area contributed by atoms with Crippen LogP contribution in [0.2, 0.25) is 58.9 Å². The molecule has 1 aromatic carbocycles. The first kappa shape index (κ1) is 29.7. The third-order valence-corrected chi connectivity index (χ3v) is 15.8. The molecule has 0 aliphatic rings. The number of hydrogen-bond donors (Lipinski definition) is 0. The molecule has 0 bridgehead atoms. The third-order valence-electron chi connectivity index (χ3n) is 3.69. The molecule has 0 saturated carbocycles. The van der Waals surface area contributed by atoms with Crippen LogP contribution in [0.4, 0.5) is 0 Å². The van der Waals surface area contributed by atoms with E-state index in [0.717, 1.165) is 12.2 Å². The predicted molar refractivity (Wildman–Crippen MR) is 140 cm³/mol. The van der Waals surface area contributed by atoms with Gasteiger partial charge in [-0.15, -0.1) is 0 Å². The Morgan fingerprint density at radius 2 is 1.18 bits per heavy atom. The first-order valence-electron chi connectivity index (χ1n) is 11.2. The standard InChI is InChI=1S/C22H40O7Si4/c1-11-22(26-21(24)18-17-20(23)25-19-15-13-12-14-16-19)33(27-30(2,3)4,28-31(5,6)7)29-32(8,9)10/h12-18,22H,11H2,1-10H3. The van der Waals surface area contributed by atoms with Crippen molar-refractivity contribution >= 4 is 45.7 Å².